The third-order valence-corrected chi connectivity index (χ3v) is 4.70. The van der Waals surface area contributed by atoms with Crippen LogP contribution in [-0.4, -0.2) is 54.2 Å². The molecule has 0 aromatic carbocycles. The van der Waals surface area contributed by atoms with Gasteiger partial charge in [0, 0.05) is 31.1 Å². The number of hydrogen-bond acceptors (Lipinski definition) is 4. The summed E-state index contributed by atoms with van der Waals surface area (Å²) in [7, 11) is 0. The van der Waals surface area contributed by atoms with E-state index in [1.165, 1.54) is 4.90 Å². The van der Waals surface area contributed by atoms with Crippen molar-refractivity contribution in [3.63, 3.8) is 0 Å². The zero-order chi connectivity index (χ0) is 17.6. The molecule has 1 unspecified atom stereocenters. The lowest BCUT2D eigenvalue weighted by atomic mass is 10.3. The summed E-state index contributed by atoms with van der Waals surface area (Å²) >= 11 is 1.62. The van der Waals surface area contributed by atoms with Crippen LogP contribution in [0.1, 0.15) is 31.0 Å². The van der Waals surface area contributed by atoms with Crippen molar-refractivity contribution in [2.45, 2.75) is 45.5 Å². The van der Waals surface area contributed by atoms with E-state index < -0.39 is 12.7 Å². The van der Waals surface area contributed by atoms with E-state index in [1.54, 1.807) is 11.3 Å². The molecule has 2 heterocycles. The lowest BCUT2D eigenvalue weighted by Gasteiger charge is -2.19. The van der Waals surface area contributed by atoms with Gasteiger partial charge in [-0.05, 0) is 19.8 Å². The Morgan fingerprint density at radius 2 is 2.20 bits per heavy atom. The quantitative estimate of drug-likeness (QED) is 0.365. The third kappa shape index (κ3) is 8.07. The molecule has 0 radical (unpaired) electrons. The van der Waals surface area contributed by atoms with Gasteiger partial charge in [-0.25, -0.2) is 9.98 Å². The summed E-state index contributed by atoms with van der Waals surface area (Å²) in [6, 6.07) is -0.0215. The minimum Gasteiger partial charge on any atom is -0.357 e. The molecule has 1 saturated heterocycles. The number of nitrogens with one attached hydrogen (secondary N) is 2. The first kappa shape index (κ1) is 22.4. The Hall–Kier alpha value is -0.620. The SMILES string of the molecule is CCNC(=NCc1csc(CC)n1)NC1CCN(CC(F)(F)F)C1.I. The molecule has 1 aliphatic heterocycles. The number of aryl methyl sites for hydroxylation is 1. The van der Waals surface area contributed by atoms with Gasteiger partial charge in [0.25, 0.3) is 0 Å². The number of rotatable bonds is 6. The minimum atomic E-state index is -4.14. The van der Waals surface area contributed by atoms with E-state index in [0.29, 0.717) is 38.6 Å². The molecular formula is C15H25F3IN5S. The van der Waals surface area contributed by atoms with Gasteiger partial charge in [-0.15, -0.1) is 35.3 Å². The molecule has 1 atom stereocenters. The van der Waals surface area contributed by atoms with Gasteiger partial charge in [-0.2, -0.15) is 13.2 Å². The first-order valence-corrected chi connectivity index (χ1v) is 9.04. The Labute approximate surface area is 167 Å². The van der Waals surface area contributed by atoms with Crippen LogP contribution in [-0.2, 0) is 13.0 Å². The Kier molecular flexibility index (Phi) is 9.43. The third-order valence-electron chi connectivity index (χ3n) is 3.66. The fraction of sp³-hybridized carbons (Fsp3) is 0.733. The molecule has 144 valence electrons. The zero-order valence-electron chi connectivity index (χ0n) is 14.4. The smallest absolute Gasteiger partial charge is 0.357 e. The number of alkyl halides is 3. The summed E-state index contributed by atoms with van der Waals surface area (Å²) in [6.45, 7) is 5.15. The fourth-order valence-electron chi connectivity index (χ4n) is 2.60. The molecule has 0 saturated carbocycles. The van der Waals surface area contributed by atoms with Crippen molar-refractivity contribution in [1.82, 2.24) is 20.5 Å². The van der Waals surface area contributed by atoms with Crippen LogP contribution in [0.15, 0.2) is 10.4 Å². The molecule has 10 heteroatoms. The molecule has 0 aliphatic carbocycles. The predicted octanol–water partition coefficient (Wildman–Crippen LogP) is 3.02. The Morgan fingerprint density at radius 1 is 1.44 bits per heavy atom. The molecule has 2 rings (SSSR count). The molecule has 1 aliphatic rings. The van der Waals surface area contributed by atoms with Crippen LogP contribution in [0.2, 0.25) is 0 Å². The number of hydrogen-bond donors (Lipinski definition) is 2. The highest BCUT2D eigenvalue weighted by molar-refractivity contribution is 14.0. The highest BCUT2D eigenvalue weighted by atomic mass is 127. The number of likely N-dealkylation sites (tertiary alicyclic amines) is 1. The number of aromatic nitrogens is 1. The van der Waals surface area contributed by atoms with Gasteiger partial charge >= 0.3 is 6.18 Å². The number of guanidine groups is 1. The highest BCUT2D eigenvalue weighted by Gasteiger charge is 2.34. The fourth-order valence-corrected chi connectivity index (χ4v) is 3.34. The summed E-state index contributed by atoms with van der Waals surface area (Å²) in [5.74, 6) is 0.627. The van der Waals surface area contributed by atoms with Crippen molar-refractivity contribution < 1.29 is 13.2 Å². The van der Waals surface area contributed by atoms with Gasteiger partial charge in [0.1, 0.15) is 0 Å². The van der Waals surface area contributed by atoms with Crippen LogP contribution in [0, 0.1) is 0 Å². The molecule has 2 N–H and O–H groups in total. The maximum absolute atomic E-state index is 12.5. The minimum absolute atomic E-state index is 0. The molecule has 1 aromatic rings. The Bertz CT molecular complexity index is 550. The Balaban J connectivity index is 0.00000312. The molecule has 25 heavy (non-hydrogen) atoms. The van der Waals surface area contributed by atoms with Gasteiger partial charge in [0.2, 0.25) is 0 Å². The van der Waals surface area contributed by atoms with Crippen LogP contribution in [0.4, 0.5) is 13.2 Å². The van der Waals surface area contributed by atoms with E-state index in [-0.39, 0.29) is 30.0 Å². The van der Waals surface area contributed by atoms with Crippen LogP contribution >= 0.6 is 35.3 Å². The molecule has 0 amide bonds. The van der Waals surface area contributed by atoms with Gasteiger partial charge in [-0.1, -0.05) is 6.92 Å². The predicted molar refractivity (Wildman–Crippen MR) is 106 cm³/mol. The normalized spacial score (nSPS) is 18.9. The van der Waals surface area contributed by atoms with Crippen LogP contribution in [0.25, 0.3) is 0 Å². The summed E-state index contributed by atoms with van der Waals surface area (Å²) in [4.78, 5) is 10.4. The molecule has 1 aromatic heterocycles. The maximum Gasteiger partial charge on any atom is 0.401 e. The molecule has 0 spiro atoms. The van der Waals surface area contributed by atoms with E-state index in [4.69, 9.17) is 0 Å². The number of aliphatic imine (C=N–C) groups is 1. The van der Waals surface area contributed by atoms with Crippen molar-refractivity contribution in [1.29, 1.82) is 0 Å². The van der Waals surface area contributed by atoms with Crippen LogP contribution < -0.4 is 10.6 Å². The van der Waals surface area contributed by atoms with E-state index in [0.717, 1.165) is 17.1 Å². The highest BCUT2D eigenvalue weighted by Crippen LogP contribution is 2.20. The first-order chi connectivity index (χ1) is 11.4. The van der Waals surface area contributed by atoms with E-state index in [1.807, 2.05) is 12.3 Å². The number of halogens is 4. The van der Waals surface area contributed by atoms with Crippen molar-refractivity contribution in [2.24, 2.45) is 4.99 Å². The Morgan fingerprint density at radius 3 is 2.80 bits per heavy atom. The van der Waals surface area contributed by atoms with Crippen LogP contribution in [0.3, 0.4) is 0 Å². The van der Waals surface area contributed by atoms with Crippen LogP contribution in [0.5, 0.6) is 0 Å². The number of nitrogens with zero attached hydrogens (tertiary/aromatic N) is 3. The monoisotopic (exact) mass is 491 g/mol. The van der Waals surface area contributed by atoms with Crippen molar-refractivity contribution >= 4 is 41.3 Å². The second-order valence-electron chi connectivity index (χ2n) is 5.76. The van der Waals surface area contributed by atoms with Gasteiger partial charge in [0.05, 0.1) is 23.8 Å². The van der Waals surface area contributed by atoms with Crippen molar-refractivity contribution in [3.8, 4) is 0 Å². The summed E-state index contributed by atoms with van der Waals surface area (Å²) < 4.78 is 37.4. The average molecular weight is 491 g/mol. The standard InChI is InChI=1S/C15H24F3N5S.HI/c1-3-13-21-12(9-24-13)7-20-14(19-4-2)22-11-5-6-23(8-11)10-15(16,17)18;/h9,11H,3-8,10H2,1-2H3,(H2,19,20,22);1H. The lowest BCUT2D eigenvalue weighted by Crippen LogP contribution is -2.45. The van der Waals surface area contributed by atoms with E-state index in [9.17, 15) is 13.2 Å². The van der Waals surface area contributed by atoms with Gasteiger partial charge in [0.15, 0.2) is 5.96 Å². The largest absolute Gasteiger partial charge is 0.401 e. The second-order valence-corrected chi connectivity index (χ2v) is 6.70. The molecule has 0 bridgehead atoms. The van der Waals surface area contributed by atoms with Gasteiger partial charge in [-0.3, -0.25) is 4.90 Å². The summed E-state index contributed by atoms with van der Waals surface area (Å²) in [5.41, 5.74) is 0.916. The summed E-state index contributed by atoms with van der Waals surface area (Å²) in [5, 5.41) is 9.44. The lowest BCUT2D eigenvalue weighted by molar-refractivity contribution is -0.143. The first-order valence-electron chi connectivity index (χ1n) is 8.16. The van der Waals surface area contributed by atoms with Gasteiger partial charge < -0.3 is 10.6 Å². The average Bonchev–Trinajstić information content (AvgIpc) is 3.12. The summed E-state index contributed by atoms with van der Waals surface area (Å²) in [6.07, 6.45) is -2.56. The topological polar surface area (TPSA) is 52.6 Å². The molecular weight excluding hydrogens is 466 g/mol. The van der Waals surface area contributed by atoms with Crippen molar-refractivity contribution in [3.05, 3.63) is 16.1 Å². The molecule has 1 fully saturated rings. The number of thiazole rings is 1. The van der Waals surface area contributed by atoms with Crippen molar-refractivity contribution in [2.75, 3.05) is 26.2 Å². The van der Waals surface area contributed by atoms with E-state index in [2.05, 4.69) is 27.5 Å². The zero-order valence-corrected chi connectivity index (χ0v) is 17.5. The maximum atomic E-state index is 12.5. The second kappa shape index (κ2) is 10.5. The van der Waals surface area contributed by atoms with E-state index >= 15 is 0 Å². The molecule has 5 nitrogen and oxygen atoms in total.